The molecule has 0 fully saturated rings. The van der Waals surface area contributed by atoms with E-state index >= 15 is 0 Å². The number of para-hydroxylation sites is 1. The molecular formula is C9H10N4O2S2. The van der Waals surface area contributed by atoms with E-state index in [0.29, 0.717) is 11.3 Å². The summed E-state index contributed by atoms with van der Waals surface area (Å²) in [6.07, 6.45) is 0. The van der Waals surface area contributed by atoms with Gasteiger partial charge in [-0.2, -0.15) is 0 Å². The maximum atomic E-state index is 11.8. The van der Waals surface area contributed by atoms with Gasteiger partial charge in [0.15, 0.2) is 0 Å². The lowest BCUT2D eigenvalue weighted by atomic mass is 10.2. The Bertz CT molecular complexity index is 595. The highest BCUT2D eigenvalue weighted by Crippen LogP contribution is 2.17. The number of hydrogen-bond donors (Lipinski definition) is 2. The molecule has 6 nitrogen and oxygen atoms in total. The van der Waals surface area contributed by atoms with Crippen LogP contribution in [-0.4, -0.2) is 18.6 Å². The summed E-state index contributed by atoms with van der Waals surface area (Å²) in [5.74, 6) is -0.181. The molecule has 0 saturated carbocycles. The number of rotatable bonds is 4. The van der Waals surface area contributed by atoms with Crippen molar-refractivity contribution >= 4 is 32.2 Å². The van der Waals surface area contributed by atoms with Crippen molar-refractivity contribution < 1.29 is 8.42 Å². The molecule has 0 saturated heterocycles. The number of nitrogens with two attached hydrogens (primary N) is 1. The molecule has 0 radical (unpaired) electrons. The van der Waals surface area contributed by atoms with Gasteiger partial charge in [0.1, 0.15) is 5.51 Å². The minimum atomic E-state index is -3.50. The highest BCUT2D eigenvalue weighted by atomic mass is 32.2. The van der Waals surface area contributed by atoms with Crippen LogP contribution in [0.15, 0.2) is 29.8 Å². The average molecular weight is 270 g/mol. The number of sulfonamides is 1. The second-order valence-corrected chi connectivity index (χ2v) is 5.86. The average Bonchev–Trinajstić information content (AvgIpc) is 2.73. The van der Waals surface area contributed by atoms with Crippen LogP contribution in [0, 0.1) is 0 Å². The van der Waals surface area contributed by atoms with Gasteiger partial charge in [-0.25, -0.2) is 8.42 Å². The van der Waals surface area contributed by atoms with Crippen molar-refractivity contribution in [1.82, 2.24) is 10.2 Å². The van der Waals surface area contributed by atoms with Gasteiger partial charge in [0, 0.05) is 5.69 Å². The fourth-order valence-electron chi connectivity index (χ4n) is 1.26. The first-order valence-corrected chi connectivity index (χ1v) is 7.20. The normalized spacial score (nSPS) is 11.3. The lowest BCUT2D eigenvalue weighted by molar-refractivity contribution is 0.600. The summed E-state index contributed by atoms with van der Waals surface area (Å²) < 4.78 is 25.9. The summed E-state index contributed by atoms with van der Waals surface area (Å²) in [5.41, 5.74) is 8.15. The lowest BCUT2D eigenvalue weighted by Crippen LogP contribution is -2.15. The summed E-state index contributed by atoms with van der Waals surface area (Å²) in [4.78, 5) is 0. The van der Waals surface area contributed by atoms with Crippen LogP contribution in [0.2, 0.25) is 0 Å². The van der Waals surface area contributed by atoms with Crippen LogP contribution < -0.4 is 10.5 Å². The minimum absolute atomic E-state index is 0.181. The van der Waals surface area contributed by atoms with Crippen LogP contribution >= 0.6 is 11.3 Å². The van der Waals surface area contributed by atoms with E-state index in [1.165, 1.54) is 5.51 Å². The van der Waals surface area contributed by atoms with E-state index in [1.54, 1.807) is 24.3 Å². The quantitative estimate of drug-likeness (QED) is 0.809. The van der Waals surface area contributed by atoms with E-state index in [1.807, 2.05) is 0 Å². The number of nitrogens with zero attached hydrogens (tertiary/aromatic N) is 2. The van der Waals surface area contributed by atoms with Crippen LogP contribution in [0.25, 0.3) is 0 Å². The third-order valence-electron chi connectivity index (χ3n) is 2.00. The molecule has 0 amide bonds. The highest BCUT2D eigenvalue weighted by Gasteiger charge is 2.14. The monoisotopic (exact) mass is 270 g/mol. The zero-order chi connectivity index (χ0) is 12.3. The van der Waals surface area contributed by atoms with Crippen LogP contribution in [0.1, 0.15) is 5.56 Å². The molecule has 0 unspecified atom stereocenters. The Balaban J connectivity index is 2.16. The summed E-state index contributed by atoms with van der Waals surface area (Å²) in [7, 11) is -3.50. The first kappa shape index (κ1) is 11.8. The van der Waals surface area contributed by atoms with E-state index in [-0.39, 0.29) is 10.9 Å². The number of nitrogens with one attached hydrogen (secondary N) is 1. The highest BCUT2D eigenvalue weighted by molar-refractivity contribution is 7.92. The summed E-state index contributed by atoms with van der Waals surface area (Å²) in [5, 5.41) is 7.41. The molecule has 8 heteroatoms. The Hall–Kier alpha value is -1.67. The molecule has 2 aromatic rings. The topological polar surface area (TPSA) is 98.0 Å². The molecule has 1 aromatic heterocycles. The molecule has 0 aliphatic rings. The molecule has 0 atom stereocenters. The Morgan fingerprint density at radius 2 is 2.12 bits per heavy atom. The molecule has 17 heavy (non-hydrogen) atoms. The van der Waals surface area contributed by atoms with E-state index in [2.05, 4.69) is 14.9 Å². The summed E-state index contributed by atoms with van der Waals surface area (Å²) in [6.45, 7) is 0. The Labute approximate surface area is 103 Å². The largest absolute Gasteiger partial charge is 0.398 e. The number of benzene rings is 1. The van der Waals surface area contributed by atoms with E-state index < -0.39 is 10.0 Å². The van der Waals surface area contributed by atoms with E-state index in [0.717, 1.165) is 11.3 Å². The van der Waals surface area contributed by atoms with Crippen molar-refractivity contribution in [3.8, 4) is 0 Å². The Morgan fingerprint density at radius 1 is 1.35 bits per heavy atom. The van der Waals surface area contributed by atoms with Gasteiger partial charge in [-0.05, 0) is 11.6 Å². The minimum Gasteiger partial charge on any atom is -0.398 e. The van der Waals surface area contributed by atoms with Crippen molar-refractivity contribution in [3.05, 3.63) is 35.3 Å². The predicted molar refractivity (Wildman–Crippen MR) is 67.0 cm³/mol. The van der Waals surface area contributed by atoms with Crippen LogP contribution in [-0.2, 0) is 15.8 Å². The predicted octanol–water partition coefficient (Wildman–Crippen LogP) is 1.06. The fourth-order valence-corrected chi connectivity index (χ4v) is 3.17. The van der Waals surface area contributed by atoms with Crippen LogP contribution in [0.3, 0.4) is 0 Å². The first-order valence-electron chi connectivity index (χ1n) is 4.67. The van der Waals surface area contributed by atoms with Gasteiger partial charge in [0.25, 0.3) is 0 Å². The van der Waals surface area contributed by atoms with Gasteiger partial charge in [0.2, 0.25) is 15.2 Å². The Morgan fingerprint density at radius 3 is 2.76 bits per heavy atom. The van der Waals surface area contributed by atoms with Crippen molar-refractivity contribution in [3.63, 3.8) is 0 Å². The van der Waals surface area contributed by atoms with Crippen molar-refractivity contribution in [1.29, 1.82) is 0 Å². The maximum absolute atomic E-state index is 11.8. The van der Waals surface area contributed by atoms with E-state index in [9.17, 15) is 8.42 Å². The van der Waals surface area contributed by atoms with Gasteiger partial charge >= 0.3 is 0 Å². The zero-order valence-corrected chi connectivity index (χ0v) is 10.3. The molecular weight excluding hydrogens is 260 g/mol. The van der Waals surface area contributed by atoms with Gasteiger partial charge in [-0.15, -0.1) is 10.2 Å². The number of hydrogen-bond acceptors (Lipinski definition) is 6. The third kappa shape index (κ3) is 3.14. The number of nitrogen functional groups attached to an aromatic ring is 1. The van der Waals surface area contributed by atoms with Crippen molar-refractivity contribution in [2.45, 2.75) is 5.75 Å². The first-order chi connectivity index (χ1) is 8.07. The Kier molecular flexibility index (Phi) is 3.25. The third-order valence-corrected chi connectivity index (χ3v) is 3.93. The van der Waals surface area contributed by atoms with Gasteiger partial charge in [-0.1, -0.05) is 29.5 Å². The summed E-state index contributed by atoms with van der Waals surface area (Å²) in [6, 6.07) is 6.83. The van der Waals surface area contributed by atoms with Gasteiger partial charge in [0.05, 0.1) is 5.75 Å². The van der Waals surface area contributed by atoms with Gasteiger partial charge < -0.3 is 5.73 Å². The van der Waals surface area contributed by atoms with Crippen molar-refractivity contribution in [2.75, 3.05) is 10.5 Å². The van der Waals surface area contributed by atoms with Crippen molar-refractivity contribution in [2.24, 2.45) is 0 Å². The van der Waals surface area contributed by atoms with Crippen LogP contribution in [0.5, 0.6) is 0 Å². The number of anilines is 2. The van der Waals surface area contributed by atoms with Gasteiger partial charge in [-0.3, -0.25) is 4.72 Å². The number of aromatic nitrogens is 2. The molecule has 0 bridgehead atoms. The smallest absolute Gasteiger partial charge is 0.238 e. The molecule has 0 aliphatic carbocycles. The fraction of sp³-hybridized carbons (Fsp3) is 0.111. The molecule has 1 heterocycles. The lowest BCUT2D eigenvalue weighted by Gasteiger charge is -2.06. The molecule has 0 spiro atoms. The molecule has 3 N–H and O–H groups in total. The SMILES string of the molecule is Nc1ccccc1CS(=O)(=O)Nc1nncs1. The molecule has 90 valence electrons. The molecule has 2 rings (SSSR count). The standard InChI is InChI=1S/C9H10N4O2S2/c10-8-4-2-1-3-7(8)5-17(14,15)13-9-12-11-6-16-9/h1-4,6H,5,10H2,(H,12,13). The second-order valence-electron chi connectivity index (χ2n) is 3.30. The van der Waals surface area contributed by atoms with Crippen LogP contribution in [0.4, 0.5) is 10.8 Å². The molecule has 1 aromatic carbocycles. The summed E-state index contributed by atoms with van der Waals surface area (Å²) >= 11 is 1.12. The maximum Gasteiger partial charge on any atom is 0.238 e. The second kappa shape index (κ2) is 4.68. The molecule has 0 aliphatic heterocycles. The zero-order valence-electron chi connectivity index (χ0n) is 8.70. The van der Waals surface area contributed by atoms with E-state index in [4.69, 9.17) is 5.73 Å².